The van der Waals surface area contributed by atoms with Gasteiger partial charge < -0.3 is 5.32 Å². The first-order valence-electron chi connectivity index (χ1n) is 3.93. The molecule has 0 aliphatic carbocycles. The highest BCUT2D eigenvalue weighted by atomic mass is 16.2. The van der Waals surface area contributed by atoms with E-state index in [0.29, 0.717) is 19.0 Å². The lowest BCUT2D eigenvalue weighted by molar-refractivity contribution is -0.121. The van der Waals surface area contributed by atoms with Gasteiger partial charge in [-0.15, -0.1) is 0 Å². The molecule has 4 nitrogen and oxygen atoms in total. The second kappa shape index (κ2) is 6.12. The predicted molar refractivity (Wildman–Crippen MR) is 44.7 cm³/mol. The van der Waals surface area contributed by atoms with E-state index in [4.69, 9.17) is 5.84 Å². The molecule has 0 aromatic rings. The van der Waals surface area contributed by atoms with E-state index in [0.717, 1.165) is 6.42 Å². The number of carbonyl (C=O) groups is 1. The van der Waals surface area contributed by atoms with Crippen molar-refractivity contribution in [1.29, 1.82) is 0 Å². The maximum Gasteiger partial charge on any atom is 0.235 e. The van der Waals surface area contributed by atoms with Crippen LogP contribution in [0.2, 0.25) is 0 Å². The zero-order valence-corrected chi connectivity index (χ0v) is 7.18. The molecular weight excluding hydrogens is 142 g/mol. The predicted octanol–water partition coefficient (Wildman–Crippen LogP) is -0.245. The van der Waals surface area contributed by atoms with Gasteiger partial charge in [0, 0.05) is 19.0 Å². The SMILES string of the molecule is CC[C@H](C)NCCC(=O)NN. The summed E-state index contributed by atoms with van der Waals surface area (Å²) in [6.07, 6.45) is 1.52. The van der Waals surface area contributed by atoms with Crippen molar-refractivity contribution < 1.29 is 4.79 Å². The van der Waals surface area contributed by atoms with Crippen LogP contribution in [0.3, 0.4) is 0 Å². The van der Waals surface area contributed by atoms with Crippen molar-refractivity contribution in [2.45, 2.75) is 32.7 Å². The zero-order chi connectivity index (χ0) is 8.69. The summed E-state index contributed by atoms with van der Waals surface area (Å²) in [5, 5.41) is 3.18. The molecule has 0 aromatic carbocycles. The number of rotatable bonds is 5. The van der Waals surface area contributed by atoms with Crippen LogP contribution in [0.5, 0.6) is 0 Å². The highest BCUT2D eigenvalue weighted by Gasteiger charge is 1.99. The zero-order valence-electron chi connectivity index (χ0n) is 7.18. The molecular formula is C7H17N3O. The lowest BCUT2D eigenvalue weighted by atomic mass is 10.2. The van der Waals surface area contributed by atoms with Crippen LogP contribution in [-0.2, 0) is 4.79 Å². The van der Waals surface area contributed by atoms with Crippen LogP contribution in [0.1, 0.15) is 26.7 Å². The minimum Gasteiger partial charge on any atom is -0.314 e. The Morgan fingerprint density at radius 1 is 1.64 bits per heavy atom. The van der Waals surface area contributed by atoms with E-state index in [9.17, 15) is 4.79 Å². The molecule has 1 atom stereocenters. The molecule has 0 aliphatic rings. The fraction of sp³-hybridized carbons (Fsp3) is 0.857. The van der Waals surface area contributed by atoms with E-state index in [-0.39, 0.29) is 5.91 Å². The summed E-state index contributed by atoms with van der Waals surface area (Å²) < 4.78 is 0. The maximum absolute atomic E-state index is 10.6. The summed E-state index contributed by atoms with van der Waals surface area (Å²) >= 11 is 0. The molecule has 0 saturated heterocycles. The Hall–Kier alpha value is -0.610. The average molecular weight is 159 g/mol. The molecule has 4 heteroatoms. The minimum absolute atomic E-state index is 0.124. The lowest BCUT2D eigenvalue weighted by Crippen LogP contribution is -2.34. The van der Waals surface area contributed by atoms with E-state index in [2.05, 4.69) is 24.6 Å². The normalized spacial score (nSPS) is 12.6. The quantitative estimate of drug-likeness (QED) is 0.294. The summed E-state index contributed by atoms with van der Waals surface area (Å²) in [5.41, 5.74) is 2.08. The first-order valence-corrected chi connectivity index (χ1v) is 3.93. The molecule has 1 amide bonds. The Morgan fingerprint density at radius 2 is 2.27 bits per heavy atom. The molecule has 11 heavy (non-hydrogen) atoms. The number of hydrazine groups is 1. The molecule has 4 N–H and O–H groups in total. The van der Waals surface area contributed by atoms with E-state index in [1.807, 2.05) is 0 Å². The van der Waals surface area contributed by atoms with Crippen LogP contribution >= 0.6 is 0 Å². The van der Waals surface area contributed by atoms with Gasteiger partial charge in [-0.05, 0) is 13.3 Å². The first kappa shape index (κ1) is 10.4. The van der Waals surface area contributed by atoms with Crippen LogP contribution in [0.25, 0.3) is 0 Å². The van der Waals surface area contributed by atoms with Crippen molar-refractivity contribution in [2.75, 3.05) is 6.54 Å². The Kier molecular flexibility index (Phi) is 5.78. The number of hydrogen-bond donors (Lipinski definition) is 3. The second-order valence-corrected chi connectivity index (χ2v) is 2.58. The molecule has 0 aliphatic heterocycles. The van der Waals surface area contributed by atoms with Gasteiger partial charge in [0.15, 0.2) is 0 Å². The Labute approximate surface area is 67.5 Å². The number of carbonyl (C=O) groups excluding carboxylic acids is 1. The highest BCUT2D eigenvalue weighted by molar-refractivity contribution is 5.75. The number of hydrogen-bond acceptors (Lipinski definition) is 3. The number of nitrogens with two attached hydrogens (primary N) is 1. The molecule has 0 saturated carbocycles. The summed E-state index contributed by atoms with van der Waals surface area (Å²) in [5.74, 6) is 4.77. The number of amides is 1. The van der Waals surface area contributed by atoms with Gasteiger partial charge in [0.25, 0.3) is 0 Å². The van der Waals surface area contributed by atoms with Gasteiger partial charge in [0.2, 0.25) is 5.91 Å². The third kappa shape index (κ3) is 5.82. The molecule has 0 fully saturated rings. The molecule has 0 unspecified atom stereocenters. The van der Waals surface area contributed by atoms with Crippen molar-refractivity contribution in [3.63, 3.8) is 0 Å². The monoisotopic (exact) mass is 159 g/mol. The van der Waals surface area contributed by atoms with Gasteiger partial charge in [-0.2, -0.15) is 0 Å². The Bertz CT molecular complexity index is 116. The summed E-state index contributed by atoms with van der Waals surface area (Å²) in [6, 6.07) is 0.473. The summed E-state index contributed by atoms with van der Waals surface area (Å²) in [4.78, 5) is 10.6. The Morgan fingerprint density at radius 3 is 2.73 bits per heavy atom. The van der Waals surface area contributed by atoms with E-state index < -0.39 is 0 Å². The minimum atomic E-state index is -0.124. The molecule has 66 valence electrons. The van der Waals surface area contributed by atoms with Crippen LogP contribution in [0.4, 0.5) is 0 Å². The fourth-order valence-corrected chi connectivity index (χ4v) is 0.649. The summed E-state index contributed by atoms with van der Waals surface area (Å²) in [6.45, 7) is 4.87. The van der Waals surface area contributed by atoms with Crippen LogP contribution in [0.15, 0.2) is 0 Å². The molecule has 0 bridgehead atoms. The Balaban J connectivity index is 3.20. The van der Waals surface area contributed by atoms with E-state index >= 15 is 0 Å². The van der Waals surface area contributed by atoms with E-state index in [1.54, 1.807) is 0 Å². The largest absolute Gasteiger partial charge is 0.314 e. The lowest BCUT2D eigenvalue weighted by Gasteiger charge is -2.09. The van der Waals surface area contributed by atoms with E-state index in [1.165, 1.54) is 0 Å². The van der Waals surface area contributed by atoms with Crippen molar-refractivity contribution >= 4 is 5.91 Å². The van der Waals surface area contributed by atoms with Crippen molar-refractivity contribution in [1.82, 2.24) is 10.7 Å². The smallest absolute Gasteiger partial charge is 0.235 e. The van der Waals surface area contributed by atoms with Gasteiger partial charge >= 0.3 is 0 Å². The van der Waals surface area contributed by atoms with Crippen LogP contribution < -0.4 is 16.6 Å². The van der Waals surface area contributed by atoms with Gasteiger partial charge in [-0.25, -0.2) is 5.84 Å². The molecule has 0 spiro atoms. The van der Waals surface area contributed by atoms with Gasteiger partial charge in [-0.1, -0.05) is 6.92 Å². The third-order valence-electron chi connectivity index (χ3n) is 1.62. The van der Waals surface area contributed by atoms with Crippen LogP contribution in [-0.4, -0.2) is 18.5 Å². The first-order chi connectivity index (χ1) is 5.20. The van der Waals surface area contributed by atoms with Gasteiger partial charge in [0.1, 0.15) is 0 Å². The van der Waals surface area contributed by atoms with Crippen molar-refractivity contribution in [3.05, 3.63) is 0 Å². The highest BCUT2D eigenvalue weighted by Crippen LogP contribution is 1.87. The van der Waals surface area contributed by atoms with Crippen molar-refractivity contribution in [3.8, 4) is 0 Å². The van der Waals surface area contributed by atoms with Crippen LogP contribution in [0, 0.1) is 0 Å². The maximum atomic E-state index is 10.6. The summed E-state index contributed by atoms with van der Waals surface area (Å²) in [7, 11) is 0. The molecule has 0 aromatic heterocycles. The standard InChI is InChI=1S/C7H17N3O/c1-3-6(2)9-5-4-7(11)10-8/h6,9H,3-5,8H2,1-2H3,(H,10,11)/t6-/m0/s1. The number of nitrogens with one attached hydrogen (secondary N) is 2. The second-order valence-electron chi connectivity index (χ2n) is 2.58. The fourth-order valence-electron chi connectivity index (χ4n) is 0.649. The molecule has 0 radical (unpaired) electrons. The molecule has 0 heterocycles. The topological polar surface area (TPSA) is 67.2 Å². The molecule has 0 rings (SSSR count). The van der Waals surface area contributed by atoms with Gasteiger partial charge in [-0.3, -0.25) is 10.2 Å². The third-order valence-corrected chi connectivity index (χ3v) is 1.62. The van der Waals surface area contributed by atoms with Gasteiger partial charge in [0.05, 0.1) is 0 Å². The average Bonchev–Trinajstić information content (AvgIpc) is 2.04. The van der Waals surface area contributed by atoms with Crippen molar-refractivity contribution in [2.24, 2.45) is 5.84 Å².